The van der Waals surface area contributed by atoms with Gasteiger partial charge in [-0.15, -0.1) is 0 Å². The van der Waals surface area contributed by atoms with Crippen LogP contribution in [0.2, 0.25) is 0 Å². The van der Waals surface area contributed by atoms with Crippen molar-refractivity contribution in [2.45, 2.75) is 33.9 Å². The maximum absolute atomic E-state index is 13.6. The Bertz CT molecular complexity index is 697. The molecule has 5 nitrogen and oxygen atoms in total. The SMILES string of the molecule is COc1cc(C2N3CC4(C(C)C)CN2CC(C(C)C)(C3)C4=O)ccc1O. The summed E-state index contributed by atoms with van der Waals surface area (Å²) in [6, 6.07) is 5.63. The third kappa shape index (κ3) is 2.13. The first-order valence-corrected chi connectivity index (χ1v) is 9.65. The van der Waals surface area contributed by atoms with Crippen LogP contribution in [0.25, 0.3) is 0 Å². The smallest absolute Gasteiger partial charge is 0.160 e. The Morgan fingerprint density at radius 1 is 1.04 bits per heavy atom. The zero-order chi connectivity index (χ0) is 18.9. The number of Topliss-reactive ketones (excluding diaryl/α,β-unsaturated/α-hetero) is 1. The zero-order valence-electron chi connectivity index (χ0n) is 16.5. The van der Waals surface area contributed by atoms with E-state index in [4.69, 9.17) is 4.74 Å². The maximum atomic E-state index is 13.6. The fourth-order valence-corrected chi connectivity index (χ4v) is 5.55. The Hall–Kier alpha value is -1.59. The van der Waals surface area contributed by atoms with E-state index >= 15 is 0 Å². The Kier molecular flexibility index (Phi) is 3.90. The van der Waals surface area contributed by atoms with Crippen molar-refractivity contribution in [3.63, 3.8) is 0 Å². The van der Waals surface area contributed by atoms with Gasteiger partial charge in [0.15, 0.2) is 17.3 Å². The van der Waals surface area contributed by atoms with Crippen molar-refractivity contribution in [2.24, 2.45) is 22.7 Å². The van der Waals surface area contributed by atoms with Gasteiger partial charge in [0.25, 0.3) is 0 Å². The van der Waals surface area contributed by atoms with Gasteiger partial charge >= 0.3 is 0 Å². The van der Waals surface area contributed by atoms with Crippen LogP contribution in [-0.2, 0) is 4.79 Å². The summed E-state index contributed by atoms with van der Waals surface area (Å²) in [6.45, 7) is 12.1. The van der Waals surface area contributed by atoms with Crippen molar-refractivity contribution < 1.29 is 14.6 Å². The minimum atomic E-state index is -0.266. The number of carbonyl (C=O) groups is 1. The van der Waals surface area contributed by atoms with Crippen LogP contribution in [0, 0.1) is 22.7 Å². The molecule has 142 valence electrons. The highest BCUT2D eigenvalue weighted by atomic mass is 16.5. The van der Waals surface area contributed by atoms with Gasteiger partial charge in [0.1, 0.15) is 0 Å². The average Bonchev–Trinajstić information content (AvgIpc) is 2.58. The molecule has 4 aliphatic rings. The second-order valence-electron chi connectivity index (χ2n) is 9.07. The second kappa shape index (κ2) is 5.70. The first-order chi connectivity index (χ1) is 12.2. The average molecular weight is 358 g/mol. The first kappa shape index (κ1) is 17.8. The minimum absolute atomic E-state index is 0.149. The Morgan fingerprint density at radius 3 is 1.96 bits per heavy atom. The number of carbonyl (C=O) groups excluding carboxylic acids is 1. The molecule has 4 saturated heterocycles. The maximum Gasteiger partial charge on any atom is 0.160 e. The van der Waals surface area contributed by atoms with Crippen LogP contribution in [0.1, 0.15) is 39.4 Å². The molecule has 0 aromatic heterocycles. The van der Waals surface area contributed by atoms with Crippen LogP contribution in [0.3, 0.4) is 0 Å². The molecule has 4 bridgehead atoms. The van der Waals surface area contributed by atoms with Gasteiger partial charge in [-0.1, -0.05) is 33.8 Å². The van der Waals surface area contributed by atoms with Crippen molar-refractivity contribution in [1.82, 2.24) is 9.80 Å². The van der Waals surface area contributed by atoms with Crippen molar-refractivity contribution >= 4 is 5.78 Å². The molecular formula is C21H30N2O3. The van der Waals surface area contributed by atoms with Crippen LogP contribution in [0.5, 0.6) is 11.5 Å². The van der Waals surface area contributed by atoms with Crippen molar-refractivity contribution in [3.8, 4) is 11.5 Å². The lowest BCUT2D eigenvalue weighted by Crippen LogP contribution is -2.78. The zero-order valence-corrected chi connectivity index (χ0v) is 16.5. The second-order valence-corrected chi connectivity index (χ2v) is 9.07. The van der Waals surface area contributed by atoms with Gasteiger partial charge in [0, 0.05) is 26.2 Å². The van der Waals surface area contributed by atoms with E-state index in [2.05, 4.69) is 37.5 Å². The van der Waals surface area contributed by atoms with Crippen LogP contribution in [-0.4, -0.2) is 54.0 Å². The number of ketones is 1. The molecule has 0 unspecified atom stereocenters. The number of phenolic OH excluding ortho intramolecular Hbond substituents is 1. The molecule has 4 heterocycles. The summed E-state index contributed by atoms with van der Waals surface area (Å²) in [6.07, 6.45) is 0.149. The third-order valence-corrected chi connectivity index (χ3v) is 7.25. The summed E-state index contributed by atoms with van der Waals surface area (Å²) in [5.74, 6) is 1.82. The number of aromatic hydroxyl groups is 1. The number of methoxy groups -OCH3 is 1. The molecular weight excluding hydrogens is 328 g/mol. The molecule has 0 atom stereocenters. The van der Waals surface area contributed by atoms with Gasteiger partial charge < -0.3 is 9.84 Å². The van der Waals surface area contributed by atoms with Gasteiger partial charge in [-0.2, -0.15) is 0 Å². The van der Waals surface area contributed by atoms with Gasteiger partial charge in [0.05, 0.1) is 24.1 Å². The number of nitrogens with zero attached hydrogens (tertiary/aromatic N) is 2. The standard InChI is InChI=1S/C21H30N2O3/c1-13(2)20-9-22-11-21(14(3)4,19(20)25)12-23(10-20)18(22)15-6-7-16(24)17(8-15)26-5/h6-8,13-14,18,24H,9-12H2,1-5H3. The van der Waals surface area contributed by atoms with E-state index in [1.165, 1.54) is 0 Å². The first-order valence-electron chi connectivity index (χ1n) is 9.65. The molecule has 4 aliphatic heterocycles. The predicted octanol–water partition coefficient (Wildman–Crippen LogP) is 2.90. The van der Waals surface area contributed by atoms with Crippen LogP contribution < -0.4 is 4.74 Å². The van der Waals surface area contributed by atoms with Gasteiger partial charge in [-0.05, 0) is 29.5 Å². The highest BCUT2D eigenvalue weighted by Gasteiger charge is 2.67. The summed E-state index contributed by atoms with van der Waals surface area (Å²) in [7, 11) is 1.58. The summed E-state index contributed by atoms with van der Waals surface area (Å²) >= 11 is 0. The fourth-order valence-electron chi connectivity index (χ4n) is 5.55. The molecule has 0 saturated carbocycles. The lowest BCUT2D eigenvalue weighted by molar-refractivity contribution is -0.217. The highest BCUT2D eigenvalue weighted by Crippen LogP contribution is 2.57. The number of phenols is 1. The molecule has 0 aliphatic carbocycles. The molecule has 5 heteroatoms. The lowest BCUT2D eigenvalue weighted by atomic mass is 9.53. The molecule has 5 rings (SSSR count). The molecule has 4 fully saturated rings. The predicted molar refractivity (Wildman–Crippen MR) is 100 cm³/mol. The molecule has 1 N–H and O–H groups in total. The van der Waals surface area contributed by atoms with Gasteiger partial charge in [0.2, 0.25) is 0 Å². The quantitative estimate of drug-likeness (QED) is 0.897. The van der Waals surface area contributed by atoms with Crippen molar-refractivity contribution in [1.29, 1.82) is 0 Å². The van der Waals surface area contributed by atoms with E-state index in [0.29, 0.717) is 23.4 Å². The summed E-state index contributed by atoms with van der Waals surface area (Å²) in [4.78, 5) is 18.6. The monoisotopic (exact) mass is 358 g/mol. The number of benzene rings is 1. The summed E-state index contributed by atoms with van der Waals surface area (Å²) in [5.41, 5.74) is 0.597. The topological polar surface area (TPSA) is 53.0 Å². The Balaban J connectivity index is 1.78. The molecule has 1 aromatic carbocycles. The third-order valence-electron chi connectivity index (χ3n) is 7.25. The lowest BCUT2D eigenvalue weighted by Gasteiger charge is -2.68. The number of piperidine rings is 2. The van der Waals surface area contributed by atoms with Crippen molar-refractivity contribution in [3.05, 3.63) is 23.8 Å². The van der Waals surface area contributed by atoms with Gasteiger partial charge in [-0.25, -0.2) is 0 Å². The summed E-state index contributed by atoms with van der Waals surface area (Å²) in [5, 5.41) is 9.95. The largest absolute Gasteiger partial charge is 0.504 e. The molecule has 0 radical (unpaired) electrons. The number of hydrogen-bond donors (Lipinski definition) is 1. The van der Waals surface area contributed by atoms with Crippen molar-refractivity contribution in [2.75, 3.05) is 33.3 Å². The normalized spacial score (nSPS) is 38.4. The van der Waals surface area contributed by atoms with Crippen LogP contribution in [0.4, 0.5) is 0 Å². The van der Waals surface area contributed by atoms with E-state index in [9.17, 15) is 9.90 Å². The van der Waals surface area contributed by atoms with E-state index < -0.39 is 0 Å². The van der Waals surface area contributed by atoms with E-state index in [1.54, 1.807) is 13.2 Å². The summed E-state index contributed by atoms with van der Waals surface area (Å²) < 4.78 is 5.32. The molecule has 0 spiro atoms. The minimum Gasteiger partial charge on any atom is -0.504 e. The van der Waals surface area contributed by atoms with E-state index in [1.807, 2.05) is 12.1 Å². The van der Waals surface area contributed by atoms with E-state index in [0.717, 1.165) is 31.7 Å². The molecule has 26 heavy (non-hydrogen) atoms. The number of hydrogen-bond acceptors (Lipinski definition) is 5. The molecule has 1 aromatic rings. The van der Waals surface area contributed by atoms with E-state index in [-0.39, 0.29) is 22.7 Å². The number of ether oxygens (including phenoxy) is 1. The number of rotatable bonds is 4. The highest BCUT2D eigenvalue weighted by molar-refractivity contribution is 5.94. The van der Waals surface area contributed by atoms with Crippen LogP contribution >= 0.6 is 0 Å². The fraction of sp³-hybridized carbons (Fsp3) is 0.667. The Morgan fingerprint density at radius 2 is 1.54 bits per heavy atom. The Labute approximate surface area is 155 Å². The van der Waals surface area contributed by atoms with Gasteiger partial charge in [-0.3, -0.25) is 14.6 Å². The van der Waals surface area contributed by atoms with Crippen LogP contribution in [0.15, 0.2) is 18.2 Å². The molecule has 0 amide bonds.